The molecule has 0 radical (unpaired) electrons. The van der Waals surface area contributed by atoms with Gasteiger partial charge in [-0.15, -0.1) is 0 Å². The van der Waals surface area contributed by atoms with Crippen molar-refractivity contribution in [2.75, 3.05) is 18.1 Å². The van der Waals surface area contributed by atoms with Crippen LogP contribution in [0.3, 0.4) is 0 Å². The van der Waals surface area contributed by atoms with E-state index in [4.69, 9.17) is 11.6 Å². The molecule has 2 rings (SSSR count). The summed E-state index contributed by atoms with van der Waals surface area (Å²) in [6, 6.07) is 6.18. The molecule has 1 aromatic carbocycles. The number of halogens is 1. The van der Waals surface area contributed by atoms with E-state index in [0.29, 0.717) is 11.4 Å². The summed E-state index contributed by atoms with van der Waals surface area (Å²) in [5, 5.41) is 8.14. The molecule has 3 amide bonds. The number of carbonyl (C=O) groups is 2. The third-order valence-electron chi connectivity index (χ3n) is 3.41. The number of urea groups is 1. The molecule has 0 aliphatic carbocycles. The maximum Gasteiger partial charge on any atom is 0.315 e. The molecule has 0 spiro atoms. The Morgan fingerprint density at radius 1 is 1.22 bits per heavy atom. The summed E-state index contributed by atoms with van der Waals surface area (Å²) in [4.78, 5) is 23.3. The zero-order valence-electron chi connectivity index (χ0n) is 12.3. The Morgan fingerprint density at radius 2 is 1.96 bits per heavy atom. The van der Waals surface area contributed by atoms with Crippen molar-refractivity contribution < 1.29 is 18.0 Å². The van der Waals surface area contributed by atoms with Crippen LogP contribution in [-0.4, -0.2) is 44.4 Å². The number of hydrogen-bond donors (Lipinski definition) is 3. The van der Waals surface area contributed by atoms with E-state index in [-0.39, 0.29) is 30.5 Å². The fourth-order valence-electron chi connectivity index (χ4n) is 2.20. The molecule has 23 heavy (non-hydrogen) atoms. The van der Waals surface area contributed by atoms with Crippen molar-refractivity contribution in [2.45, 2.75) is 19.0 Å². The predicted octanol–water partition coefficient (Wildman–Crippen LogP) is 0.443. The zero-order chi connectivity index (χ0) is 16.9. The van der Waals surface area contributed by atoms with Crippen molar-refractivity contribution in [1.29, 1.82) is 0 Å². The van der Waals surface area contributed by atoms with E-state index in [9.17, 15) is 18.0 Å². The van der Waals surface area contributed by atoms with Gasteiger partial charge in [-0.3, -0.25) is 4.79 Å². The van der Waals surface area contributed by atoms with Gasteiger partial charge < -0.3 is 16.0 Å². The highest BCUT2D eigenvalue weighted by Crippen LogP contribution is 2.14. The first kappa shape index (κ1) is 17.6. The Balaban J connectivity index is 1.68. The summed E-state index contributed by atoms with van der Waals surface area (Å²) in [7, 11) is -3.05. The number of amides is 3. The molecule has 3 N–H and O–H groups in total. The summed E-state index contributed by atoms with van der Waals surface area (Å²) in [5.74, 6) is -0.339. The molecular weight excluding hydrogens is 342 g/mol. The first-order valence-electron chi connectivity index (χ1n) is 7.10. The van der Waals surface area contributed by atoms with Gasteiger partial charge in [0.25, 0.3) is 0 Å². The molecule has 0 unspecified atom stereocenters. The smallest absolute Gasteiger partial charge is 0.315 e. The first-order valence-corrected chi connectivity index (χ1v) is 9.30. The van der Waals surface area contributed by atoms with Crippen molar-refractivity contribution in [2.24, 2.45) is 0 Å². The molecule has 0 bridgehead atoms. The van der Waals surface area contributed by atoms with E-state index in [0.717, 1.165) is 5.56 Å². The summed E-state index contributed by atoms with van der Waals surface area (Å²) >= 11 is 5.97. The minimum Gasteiger partial charge on any atom is -0.350 e. The summed E-state index contributed by atoms with van der Waals surface area (Å²) < 4.78 is 22.6. The van der Waals surface area contributed by atoms with Gasteiger partial charge in [0.05, 0.1) is 18.1 Å². The molecule has 126 valence electrons. The highest BCUT2D eigenvalue weighted by molar-refractivity contribution is 7.91. The number of sulfone groups is 1. The second-order valence-electron chi connectivity index (χ2n) is 5.30. The van der Waals surface area contributed by atoms with E-state index < -0.39 is 21.9 Å². The van der Waals surface area contributed by atoms with Gasteiger partial charge in [-0.1, -0.05) is 29.8 Å². The van der Waals surface area contributed by atoms with Gasteiger partial charge >= 0.3 is 6.03 Å². The van der Waals surface area contributed by atoms with Crippen LogP contribution in [0.1, 0.15) is 12.0 Å². The maximum atomic E-state index is 11.7. The highest BCUT2D eigenvalue weighted by Gasteiger charge is 2.28. The van der Waals surface area contributed by atoms with Gasteiger partial charge in [-0.25, -0.2) is 13.2 Å². The molecule has 1 heterocycles. The van der Waals surface area contributed by atoms with Crippen LogP contribution in [-0.2, 0) is 21.2 Å². The Labute approximate surface area is 139 Å². The lowest BCUT2D eigenvalue weighted by molar-refractivity contribution is -0.120. The number of carbonyl (C=O) groups excluding carboxylic acids is 2. The van der Waals surface area contributed by atoms with E-state index in [1.54, 1.807) is 18.2 Å². The average molecular weight is 360 g/mol. The molecule has 0 saturated carbocycles. The van der Waals surface area contributed by atoms with Gasteiger partial charge in [-0.2, -0.15) is 0 Å². The van der Waals surface area contributed by atoms with Crippen molar-refractivity contribution >= 4 is 33.4 Å². The Kier molecular flexibility index (Phi) is 5.84. The number of benzene rings is 1. The van der Waals surface area contributed by atoms with Crippen LogP contribution >= 0.6 is 11.6 Å². The second kappa shape index (κ2) is 7.65. The van der Waals surface area contributed by atoms with Crippen molar-refractivity contribution in [1.82, 2.24) is 16.0 Å². The summed E-state index contributed by atoms with van der Waals surface area (Å²) in [5.41, 5.74) is 0.781. The third kappa shape index (κ3) is 5.72. The number of hydrogen-bond acceptors (Lipinski definition) is 4. The van der Waals surface area contributed by atoms with Crippen LogP contribution in [0.25, 0.3) is 0 Å². The molecule has 0 aromatic heterocycles. The second-order valence-corrected chi connectivity index (χ2v) is 7.93. The lowest BCUT2D eigenvalue weighted by Gasteiger charge is -2.12. The van der Waals surface area contributed by atoms with Gasteiger partial charge in [-0.05, 0) is 18.1 Å². The summed E-state index contributed by atoms with van der Waals surface area (Å²) in [6.07, 6.45) is 0.397. The van der Waals surface area contributed by atoms with Crippen molar-refractivity contribution in [3.05, 3.63) is 34.9 Å². The van der Waals surface area contributed by atoms with Crippen molar-refractivity contribution in [3.63, 3.8) is 0 Å². The lowest BCUT2D eigenvalue weighted by Crippen LogP contribution is -2.46. The molecule has 1 fully saturated rings. The first-order chi connectivity index (χ1) is 10.9. The van der Waals surface area contributed by atoms with Crippen LogP contribution in [0.2, 0.25) is 5.02 Å². The minimum absolute atomic E-state index is 0.0564. The van der Waals surface area contributed by atoms with Crippen molar-refractivity contribution in [3.8, 4) is 0 Å². The van der Waals surface area contributed by atoms with Gasteiger partial charge in [0, 0.05) is 17.6 Å². The molecule has 1 aliphatic rings. The van der Waals surface area contributed by atoms with E-state index in [1.807, 2.05) is 6.07 Å². The molecule has 1 atom stereocenters. The predicted molar refractivity (Wildman–Crippen MR) is 86.9 cm³/mol. The molecule has 7 nitrogen and oxygen atoms in total. The largest absolute Gasteiger partial charge is 0.350 e. The zero-order valence-corrected chi connectivity index (χ0v) is 13.9. The molecule has 1 aliphatic heterocycles. The fourth-order valence-corrected chi connectivity index (χ4v) is 4.08. The lowest BCUT2D eigenvalue weighted by atomic mass is 10.2. The Morgan fingerprint density at radius 3 is 2.61 bits per heavy atom. The number of nitrogens with one attached hydrogen (secondary N) is 3. The van der Waals surface area contributed by atoms with E-state index >= 15 is 0 Å². The third-order valence-corrected chi connectivity index (χ3v) is 5.55. The Bertz CT molecular complexity index is 693. The number of rotatable bonds is 5. The molecule has 1 aromatic rings. The van der Waals surface area contributed by atoms with E-state index in [2.05, 4.69) is 16.0 Å². The standard InChI is InChI=1S/C14H18ClN3O4S/c15-12-4-2-1-3-10(12)7-16-13(19)8-17-14(20)18-11-5-6-23(21,22)9-11/h1-4,11H,5-9H2,(H,16,19)(H2,17,18,20)/t11-/m0/s1. The monoisotopic (exact) mass is 359 g/mol. The van der Waals surface area contributed by atoms with E-state index in [1.165, 1.54) is 0 Å². The van der Waals surface area contributed by atoms with Gasteiger partial charge in [0.2, 0.25) is 5.91 Å². The summed E-state index contributed by atoms with van der Waals surface area (Å²) in [6.45, 7) is 0.0679. The topological polar surface area (TPSA) is 104 Å². The van der Waals surface area contributed by atoms with Crippen LogP contribution in [0.15, 0.2) is 24.3 Å². The minimum atomic E-state index is -3.05. The average Bonchev–Trinajstić information content (AvgIpc) is 2.83. The van der Waals surface area contributed by atoms with Gasteiger partial charge in [0.1, 0.15) is 0 Å². The highest BCUT2D eigenvalue weighted by atomic mass is 35.5. The molecular formula is C14H18ClN3O4S. The normalized spacial score (nSPS) is 19.1. The maximum absolute atomic E-state index is 11.7. The van der Waals surface area contributed by atoms with Crippen LogP contribution in [0.5, 0.6) is 0 Å². The Hall–Kier alpha value is -1.80. The fraction of sp³-hybridized carbons (Fsp3) is 0.429. The SMILES string of the molecule is O=C(CNC(=O)N[C@H]1CCS(=O)(=O)C1)NCc1ccccc1Cl. The molecule has 9 heteroatoms. The quantitative estimate of drug-likeness (QED) is 0.709. The van der Waals surface area contributed by atoms with Crippen LogP contribution in [0, 0.1) is 0 Å². The van der Waals surface area contributed by atoms with Crippen LogP contribution in [0.4, 0.5) is 4.79 Å². The van der Waals surface area contributed by atoms with Crippen LogP contribution < -0.4 is 16.0 Å². The molecule has 1 saturated heterocycles. The van der Waals surface area contributed by atoms with Gasteiger partial charge in [0.15, 0.2) is 9.84 Å².